The summed E-state index contributed by atoms with van der Waals surface area (Å²) in [7, 11) is 3.23. The third-order valence-corrected chi connectivity index (χ3v) is 3.80. The Balaban J connectivity index is 0.00000420. The number of alkyl halides is 3. The van der Waals surface area contributed by atoms with Crippen LogP contribution < -0.4 is 15.4 Å². The number of aliphatic imine (C=N–C) groups is 1. The number of benzene rings is 2. The highest BCUT2D eigenvalue weighted by Gasteiger charge is 2.30. The van der Waals surface area contributed by atoms with E-state index in [4.69, 9.17) is 9.47 Å². The topological polar surface area (TPSA) is 54.9 Å². The first-order valence-corrected chi connectivity index (χ1v) is 8.78. The number of halogens is 4. The lowest BCUT2D eigenvalue weighted by atomic mass is 10.1. The summed E-state index contributed by atoms with van der Waals surface area (Å²) in [4.78, 5) is 4.10. The van der Waals surface area contributed by atoms with Crippen molar-refractivity contribution in [2.75, 3.05) is 32.7 Å². The van der Waals surface area contributed by atoms with Crippen LogP contribution in [0.1, 0.15) is 17.5 Å². The summed E-state index contributed by atoms with van der Waals surface area (Å²) in [6, 6.07) is 12.5. The normalized spacial score (nSPS) is 11.6. The van der Waals surface area contributed by atoms with Gasteiger partial charge in [-0.1, -0.05) is 18.2 Å². The summed E-state index contributed by atoms with van der Waals surface area (Å²) >= 11 is 0. The standard InChI is InChI=1S/C20H24F3N3O2.HI/c1-24-19(25-14-15-6-3-7-16(12-15)20(21,22)23)26-17-8-4-9-18(13-17)28-11-5-10-27-2;/h3-4,6-9,12-13H,5,10-11,14H2,1-2H3,(H2,24,25,26);1H. The van der Waals surface area contributed by atoms with E-state index in [1.165, 1.54) is 6.07 Å². The van der Waals surface area contributed by atoms with E-state index in [2.05, 4.69) is 15.6 Å². The zero-order valence-electron chi connectivity index (χ0n) is 16.3. The summed E-state index contributed by atoms with van der Waals surface area (Å²) in [6.07, 6.45) is -3.58. The number of nitrogens with one attached hydrogen (secondary N) is 2. The first-order valence-electron chi connectivity index (χ1n) is 8.78. The van der Waals surface area contributed by atoms with Crippen LogP contribution in [0, 0.1) is 0 Å². The molecule has 2 aromatic carbocycles. The fourth-order valence-electron chi connectivity index (χ4n) is 2.42. The maximum atomic E-state index is 12.8. The van der Waals surface area contributed by atoms with Crippen LogP contribution in [0.15, 0.2) is 53.5 Å². The van der Waals surface area contributed by atoms with E-state index in [-0.39, 0.29) is 30.5 Å². The van der Waals surface area contributed by atoms with Gasteiger partial charge in [0, 0.05) is 45.5 Å². The van der Waals surface area contributed by atoms with Crippen LogP contribution in [0.3, 0.4) is 0 Å². The molecule has 5 nitrogen and oxygen atoms in total. The van der Waals surface area contributed by atoms with Crippen LogP contribution in [0.4, 0.5) is 18.9 Å². The van der Waals surface area contributed by atoms with E-state index < -0.39 is 11.7 Å². The number of anilines is 1. The van der Waals surface area contributed by atoms with Crippen molar-refractivity contribution < 1.29 is 22.6 Å². The average molecular weight is 523 g/mol. The van der Waals surface area contributed by atoms with Crippen LogP contribution >= 0.6 is 24.0 Å². The van der Waals surface area contributed by atoms with E-state index in [0.29, 0.717) is 30.5 Å². The van der Waals surface area contributed by atoms with Crippen LogP contribution in [0.25, 0.3) is 0 Å². The molecule has 0 radical (unpaired) electrons. The minimum Gasteiger partial charge on any atom is -0.493 e. The SMILES string of the molecule is CN=C(NCc1cccc(C(F)(F)F)c1)Nc1cccc(OCCCOC)c1.I. The molecule has 0 unspecified atom stereocenters. The van der Waals surface area contributed by atoms with Gasteiger partial charge in [0.15, 0.2) is 5.96 Å². The average Bonchev–Trinajstić information content (AvgIpc) is 2.68. The number of hydrogen-bond acceptors (Lipinski definition) is 3. The van der Waals surface area contributed by atoms with Crippen molar-refractivity contribution >= 4 is 35.6 Å². The summed E-state index contributed by atoms with van der Waals surface area (Å²) in [6.45, 7) is 1.38. The highest BCUT2D eigenvalue weighted by atomic mass is 127. The molecule has 0 heterocycles. The molecule has 0 atom stereocenters. The van der Waals surface area contributed by atoms with Crippen molar-refractivity contribution in [2.24, 2.45) is 4.99 Å². The Morgan fingerprint density at radius 2 is 1.83 bits per heavy atom. The van der Waals surface area contributed by atoms with E-state index in [9.17, 15) is 13.2 Å². The van der Waals surface area contributed by atoms with Gasteiger partial charge in [-0.05, 0) is 29.8 Å². The lowest BCUT2D eigenvalue weighted by molar-refractivity contribution is -0.137. The predicted octanol–water partition coefficient (Wildman–Crippen LogP) is 4.93. The number of hydrogen-bond donors (Lipinski definition) is 2. The van der Waals surface area contributed by atoms with Crippen molar-refractivity contribution in [2.45, 2.75) is 19.1 Å². The fourth-order valence-corrected chi connectivity index (χ4v) is 2.42. The van der Waals surface area contributed by atoms with E-state index in [0.717, 1.165) is 24.2 Å². The van der Waals surface area contributed by atoms with Crippen LogP contribution in [0.2, 0.25) is 0 Å². The fraction of sp³-hybridized carbons (Fsp3) is 0.350. The molecule has 0 amide bonds. The highest BCUT2D eigenvalue weighted by molar-refractivity contribution is 14.0. The molecule has 0 aliphatic carbocycles. The van der Waals surface area contributed by atoms with Crippen LogP contribution in [0.5, 0.6) is 5.75 Å². The van der Waals surface area contributed by atoms with Crippen molar-refractivity contribution in [3.8, 4) is 5.75 Å². The molecule has 160 valence electrons. The van der Waals surface area contributed by atoms with Crippen LogP contribution in [-0.4, -0.2) is 33.3 Å². The maximum absolute atomic E-state index is 12.8. The quantitative estimate of drug-likeness (QED) is 0.223. The van der Waals surface area contributed by atoms with Gasteiger partial charge >= 0.3 is 6.18 Å². The molecule has 0 saturated carbocycles. The van der Waals surface area contributed by atoms with Gasteiger partial charge in [-0.2, -0.15) is 13.2 Å². The summed E-state index contributed by atoms with van der Waals surface area (Å²) in [5.41, 5.74) is 0.586. The van der Waals surface area contributed by atoms with Crippen molar-refractivity contribution in [1.29, 1.82) is 0 Å². The molecule has 0 aliphatic heterocycles. The summed E-state index contributed by atoms with van der Waals surface area (Å²) < 4.78 is 49.1. The summed E-state index contributed by atoms with van der Waals surface area (Å²) in [5, 5.41) is 6.10. The van der Waals surface area contributed by atoms with Crippen LogP contribution in [-0.2, 0) is 17.5 Å². The molecule has 0 spiro atoms. The van der Waals surface area contributed by atoms with Gasteiger partial charge < -0.3 is 20.1 Å². The zero-order chi connectivity index (χ0) is 20.4. The predicted molar refractivity (Wildman–Crippen MR) is 119 cm³/mol. The van der Waals surface area contributed by atoms with Gasteiger partial charge in [0.05, 0.1) is 12.2 Å². The van der Waals surface area contributed by atoms with Crippen molar-refractivity contribution in [3.05, 3.63) is 59.7 Å². The lowest BCUT2D eigenvalue weighted by Crippen LogP contribution is -2.30. The summed E-state index contributed by atoms with van der Waals surface area (Å²) in [5.74, 6) is 1.14. The smallest absolute Gasteiger partial charge is 0.416 e. The molecule has 0 fully saturated rings. The molecule has 2 N–H and O–H groups in total. The second kappa shape index (κ2) is 12.5. The van der Waals surface area contributed by atoms with Crippen molar-refractivity contribution in [1.82, 2.24) is 5.32 Å². The third-order valence-electron chi connectivity index (χ3n) is 3.80. The third kappa shape index (κ3) is 8.90. The lowest BCUT2D eigenvalue weighted by Gasteiger charge is -2.14. The Kier molecular flexibility index (Phi) is 10.8. The van der Waals surface area contributed by atoms with Gasteiger partial charge in [-0.15, -0.1) is 24.0 Å². The Morgan fingerprint density at radius 1 is 1.07 bits per heavy atom. The highest BCUT2D eigenvalue weighted by Crippen LogP contribution is 2.29. The second-order valence-electron chi connectivity index (χ2n) is 5.97. The monoisotopic (exact) mass is 523 g/mol. The zero-order valence-corrected chi connectivity index (χ0v) is 18.6. The molecular weight excluding hydrogens is 498 g/mol. The molecular formula is C20H25F3IN3O2. The van der Waals surface area contributed by atoms with Gasteiger partial charge in [-0.3, -0.25) is 4.99 Å². The van der Waals surface area contributed by atoms with Crippen molar-refractivity contribution in [3.63, 3.8) is 0 Å². The largest absolute Gasteiger partial charge is 0.493 e. The molecule has 0 saturated heterocycles. The number of nitrogens with zero attached hydrogens (tertiary/aromatic N) is 1. The number of ether oxygens (including phenoxy) is 2. The maximum Gasteiger partial charge on any atom is 0.416 e. The number of rotatable bonds is 8. The molecule has 0 aromatic heterocycles. The van der Waals surface area contributed by atoms with E-state index >= 15 is 0 Å². The minimum atomic E-state index is -4.36. The molecule has 9 heteroatoms. The number of methoxy groups -OCH3 is 1. The van der Waals surface area contributed by atoms with Gasteiger partial charge in [-0.25, -0.2) is 0 Å². The Bertz CT molecular complexity index is 786. The molecule has 2 aromatic rings. The Labute approximate surface area is 185 Å². The second-order valence-corrected chi connectivity index (χ2v) is 5.97. The van der Waals surface area contributed by atoms with Gasteiger partial charge in [0.25, 0.3) is 0 Å². The van der Waals surface area contributed by atoms with Gasteiger partial charge in [0.2, 0.25) is 0 Å². The van der Waals surface area contributed by atoms with E-state index in [1.54, 1.807) is 20.2 Å². The van der Waals surface area contributed by atoms with E-state index in [1.807, 2.05) is 24.3 Å². The molecule has 0 bridgehead atoms. The van der Waals surface area contributed by atoms with Gasteiger partial charge in [0.1, 0.15) is 5.75 Å². The molecule has 29 heavy (non-hydrogen) atoms. The Hall–Kier alpha value is -2.01. The minimum absolute atomic E-state index is 0. The molecule has 0 aliphatic rings. The Morgan fingerprint density at radius 3 is 2.52 bits per heavy atom. The number of guanidine groups is 1. The molecule has 2 rings (SSSR count). The first-order chi connectivity index (χ1) is 13.4. The first kappa shape index (κ1) is 25.0.